The van der Waals surface area contributed by atoms with Crippen molar-refractivity contribution < 1.29 is 4.74 Å². The molecule has 0 unspecified atom stereocenters. The highest BCUT2D eigenvalue weighted by Crippen LogP contribution is 2.35. The van der Waals surface area contributed by atoms with Crippen LogP contribution in [0.2, 0.25) is 0 Å². The number of hydrogen-bond donors (Lipinski definition) is 1. The minimum absolute atomic E-state index is 0.609. The fourth-order valence-electron chi connectivity index (χ4n) is 4.17. The summed E-state index contributed by atoms with van der Waals surface area (Å²) in [5.41, 5.74) is 3.76. The molecule has 1 saturated heterocycles. The zero-order valence-corrected chi connectivity index (χ0v) is 16.3. The number of thiazole rings is 1. The molecule has 0 aliphatic carbocycles. The molecule has 138 valence electrons. The van der Waals surface area contributed by atoms with Crippen LogP contribution in [0.3, 0.4) is 0 Å². The first-order chi connectivity index (χ1) is 13.3. The zero-order valence-electron chi connectivity index (χ0n) is 15.4. The summed E-state index contributed by atoms with van der Waals surface area (Å²) in [5, 5.41) is 2.53. The molecule has 0 spiro atoms. The van der Waals surface area contributed by atoms with Gasteiger partial charge in [-0.15, -0.1) is 11.3 Å². The molecule has 1 aliphatic heterocycles. The zero-order chi connectivity index (χ0) is 18.2. The standard InChI is InChI=1S/C22H23N3OS/c1-26-16-6-7-19-17(12-16)18(13-23-19)15-8-10-25(11-9-15)14-22-24-20-4-2-3-5-21(20)27-22/h2-7,12-13,15,23H,8-11,14H2,1H3. The van der Waals surface area contributed by atoms with E-state index in [0.717, 1.165) is 30.9 Å². The molecule has 4 nitrogen and oxygen atoms in total. The third kappa shape index (κ3) is 3.22. The molecule has 0 atom stereocenters. The Morgan fingerprint density at radius 1 is 1.19 bits per heavy atom. The summed E-state index contributed by atoms with van der Waals surface area (Å²) >= 11 is 1.82. The van der Waals surface area contributed by atoms with E-state index < -0.39 is 0 Å². The highest BCUT2D eigenvalue weighted by Gasteiger charge is 2.23. The Bertz CT molecular complexity index is 1040. The van der Waals surface area contributed by atoms with Crippen molar-refractivity contribution >= 4 is 32.5 Å². The van der Waals surface area contributed by atoms with Crippen molar-refractivity contribution in [2.75, 3.05) is 20.2 Å². The minimum Gasteiger partial charge on any atom is -0.497 e. The summed E-state index contributed by atoms with van der Waals surface area (Å²) < 4.78 is 6.70. The van der Waals surface area contributed by atoms with Gasteiger partial charge in [0.15, 0.2) is 0 Å². The SMILES string of the molecule is COc1ccc2[nH]cc(C3CCN(Cc4nc5ccccc5s4)CC3)c2c1. The molecule has 4 aromatic rings. The average molecular weight is 378 g/mol. The molecule has 1 fully saturated rings. The van der Waals surface area contributed by atoms with Gasteiger partial charge in [0.25, 0.3) is 0 Å². The van der Waals surface area contributed by atoms with Crippen LogP contribution in [0.1, 0.15) is 29.3 Å². The molecule has 2 aromatic carbocycles. The number of aromatic amines is 1. The number of H-pyrrole nitrogens is 1. The third-order valence-electron chi connectivity index (χ3n) is 5.65. The van der Waals surface area contributed by atoms with E-state index in [0.29, 0.717) is 5.92 Å². The Hall–Kier alpha value is -2.37. The van der Waals surface area contributed by atoms with E-state index in [2.05, 4.69) is 52.5 Å². The highest BCUT2D eigenvalue weighted by molar-refractivity contribution is 7.18. The molecule has 0 saturated carbocycles. The van der Waals surface area contributed by atoms with E-state index in [1.54, 1.807) is 7.11 Å². The largest absolute Gasteiger partial charge is 0.497 e. The van der Waals surface area contributed by atoms with Crippen LogP contribution >= 0.6 is 11.3 Å². The van der Waals surface area contributed by atoms with Crippen LogP contribution in [0.5, 0.6) is 5.75 Å². The Morgan fingerprint density at radius 2 is 2.04 bits per heavy atom. The van der Waals surface area contributed by atoms with Gasteiger partial charge in [-0.05, 0) is 67.7 Å². The average Bonchev–Trinajstić information content (AvgIpc) is 3.31. The van der Waals surface area contributed by atoms with Crippen LogP contribution in [-0.4, -0.2) is 35.1 Å². The molecule has 5 heteroatoms. The summed E-state index contributed by atoms with van der Waals surface area (Å²) in [6.45, 7) is 3.21. The van der Waals surface area contributed by atoms with Crippen molar-refractivity contribution in [3.05, 3.63) is 59.2 Å². The minimum atomic E-state index is 0.609. The van der Waals surface area contributed by atoms with Gasteiger partial charge in [-0.2, -0.15) is 0 Å². The van der Waals surface area contributed by atoms with Crippen molar-refractivity contribution in [2.24, 2.45) is 0 Å². The molecule has 1 aliphatic rings. The van der Waals surface area contributed by atoms with Crippen molar-refractivity contribution in [1.29, 1.82) is 0 Å². The lowest BCUT2D eigenvalue weighted by molar-refractivity contribution is 0.205. The molecule has 2 aromatic heterocycles. The van der Waals surface area contributed by atoms with E-state index in [9.17, 15) is 0 Å². The highest BCUT2D eigenvalue weighted by atomic mass is 32.1. The molecular weight excluding hydrogens is 354 g/mol. The number of rotatable bonds is 4. The van der Waals surface area contributed by atoms with Crippen molar-refractivity contribution in [2.45, 2.75) is 25.3 Å². The van der Waals surface area contributed by atoms with Gasteiger partial charge in [-0.25, -0.2) is 4.98 Å². The van der Waals surface area contributed by atoms with E-state index in [1.165, 1.54) is 39.0 Å². The molecule has 0 bridgehead atoms. The normalized spacial score (nSPS) is 16.3. The lowest BCUT2D eigenvalue weighted by Crippen LogP contribution is -2.32. The second kappa shape index (κ2) is 6.98. The summed E-state index contributed by atoms with van der Waals surface area (Å²) in [6.07, 6.45) is 4.57. The van der Waals surface area contributed by atoms with E-state index in [4.69, 9.17) is 9.72 Å². The number of benzene rings is 2. The molecule has 27 heavy (non-hydrogen) atoms. The molecule has 5 rings (SSSR count). The summed E-state index contributed by atoms with van der Waals surface area (Å²) in [4.78, 5) is 10.8. The quantitative estimate of drug-likeness (QED) is 0.534. The summed E-state index contributed by atoms with van der Waals surface area (Å²) in [7, 11) is 1.73. The Balaban J connectivity index is 1.28. The Labute approximate surface area is 162 Å². The van der Waals surface area contributed by atoms with E-state index >= 15 is 0 Å². The Kier molecular flexibility index (Phi) is 4.34. The fourth-order valence-corrected chi connectivity index (χ4v) is 5.18. The lowest BCUT2D eigenvalue weighted by Gasteiger charge is -2.31. The van der Waals surface area contributed by atoms with Gasteiger partial charge >= 0.3 is 0 Å². The molecule has 0 amide bonds. The van der Waals surface area contributed by atoms with Gasteiger partial charge in [-0.3, -0.25) is 4.90 Å². The number of ether oxygens (including phenoxy) is 1. The maximum absolute atomic E-state index is 5.41. The number of aromatic nitrogens is 2. The van der Waals surface area contributed by atoms with Gasteiger partial charge < -0.3 is 9.72 Å². The second-order valence-electron chi connectivity index (χ2n) is 7.28. The van der Waals surface area contributed by atoms with Crippen LogP contribution in [-0.2, 0) is 6.54 Å². The van der Waals surface area contributed by atoms with Gasteiger partial charge in [-0.1, -0.05) is 12.1 Å². The fraction of sp³-hybridized carbons (Fsp3) is 0.318. The Morgan fingerprint density at radius 3 is 2.85 bits per heavy atom. The van der Waals surface area contributed by atoms with Crippen LogP contribution in [0.15, 0.2) is 48.7 Å². The lowest BCUT2D eigenvalue weighted by atomic mass is 9.89. The predicted octanol–water partition coefficient (Wildman–Crippen LogP) is 5.17. The molecule has 0 radical (unpaired) electrons. The summed E-state index contributed by atoms with van der Waals surface area (Å²) in [6, 6.07) is 14.7. The first-order valence-electron chi connectivity index (χ1n) is 9.52. The molecular formula is C22H23N3OS. The number of nitrogens with one attached hydrogen (secondary N) is 1. The van der Waals surface area contributed by atoms with Crippen molar-refractivity contribution in [3.8, 4) is 5.75 Å². The number of para-hydroxylation sites is 1. The van der Waals surface area contributed by atoms with Crippen LogP contribution in [0.25, 0.3) is 21.1 Å². The first-order valence-corrected chi connectivity index (χ1v) is 10.3. The van der Waals surface area contributed by atoms with E-state index in [1.807, 2.05) is 17.4 Å². The van der Waals surface area contributed by atoms with Gasteiger partial charge in [0, 0.05) is 17.1 Å². The molecule has 3 heterocycles. The topological polar surface area (TPSA) is 41.1 Å². The van der Waals surface area contributed by atoms with Crippen molar-refractivity contribution in [1.82, 2.24) is 14.9 Å². The van der Waals surface area contributed by atoms with Gasteiger partial charge in [0.1, 0.15) is 10.8 Å². The monoisotopic (exact) mass is 377 g/mol. The summed E-state index contributed by atoms with van der Waals surface area (Å²) in [5.74, 6) is 1.54. The van der Waals surface area contributed by atoms with Crippen LogP contribution < -0.4 is 4.74 Å². The first kappa shape index (κ1) is 16.8. The number of nitrogens with zero attached hydrogens (tertiary/aromatic N) is 2. The number of methoxy groups -OCH3 is 1. The predicted molar refractivity (Wildman–Crippen MR) is 112 cm³/mol. The van der Waals surface area contributed by atoms with Gasteiger partial charge in [0.05, 0.1) is 23.9 Å². The second-order valence-corrected chi connectivity index (χ2v) is 8.40. The maximum atomic E-state index is 5.41. The van der Waals surface area contributed by atoms with E-state index in [-0.39, 0.29) is 0 Å². The maximum Gasteiger partial charge on any atom is 0.119 e. The van der Waals surface area contributed by atoms with Crippen molar-refractivity contribution in [3.63, 3.8) is 0 Å². The third-order valence-corrected chi connectivity index (χ3v) is 6.67. The number of hydrogen-bond acceptors (Lipinski definition) is 4. The number of piperidine rings is 1. The van der Waals surface area contributed by atoms with Crippen LogP contribution in [0.4, 0.5) is 0 Å². The number of fused-ring (bicyclic) bond motifs is 2. The smallest absolute Gasteiger partial charge is 0.119 e. The van der Waals surface area contributed by atoms with Crippen LogP contribution in [0, 0.1) is 0 Å². The molecule has 1 N–H and O–H groups in total. The number of likely N-dealkylation sites (tertiary alicyclic amines) is 1. The van der Waals surface area contributed by atoms with Gasteiger partial charge in [0.2, 0.25) is 0 Å².